The molecular formula is C20H21N3O2S. The summed E-state index contributed by atoms with van der Waals surface area (Å²) in [4.78, 5) is 19.5. The SMILES string of the molecule is Cc1ccc2nc(N3CCC(C(=O)Nc4ccc(O)cc4)CC3)sc2c1. The number of aromatic nitrogens is 1. The summed E-state index contributed by atoms with van der Waals surface area (Å²) >= 11 is 1.72. The van der Waals surface area contributed by atoms with Crippen molar-refractivity contribution in [2.75, 3.05) is 23.3 Å². The number of phenolic OH excluding ortho intramolecular Hbond substituents is 1. The second kappa shape index (κ2) is 6.96. The average molecular weight is 367 g/mol. The van der Waals surface area contributed by atoms with Crippen molar-refractivity contribution in [3.8, 4) is 5.75 Å². The van der Waals surface area contributed by atoms with E-state index in [4.69, 9.17) is 4.98 Å². The van der Waals surface area contributed by atoms with E-state index >= 15 is 0 Å². The summed E-state index contributed by atoms with van der Waals surface area (Å²) in [5, 5.41) is 13.3. The summed E-state index contributed by atoms with van der Waals surface area (Å²) in [6.07, 6.45) is 1.64. The fraction of sp³-hybridized carbons (Fsp3) is 0.300. The van der Waals surface area contributed by atoms with Gasteiger partial charge in [0, 0.05) is 24.7 Å². The Hall–Kier alpha value is -2.60. The van der Waals surface area contributed by atoms with Gasteiger partial charge in [0.15, 0.2) is 5.13 Å². The lowest BCUT2D eigenvalue weighted by molar-refractivity contribution is -0.120. The third-order valence-electron chi connectivity index (χ3n) is 4.80. The van der Waals surface area contributed by atoms with Gasteiger partial charge in [-0.2, -0.15) is 0 Å². The lowest BCUT2D eigenvalue weighted by atomic mass is 9.96. The predicted octanol–water partition coefficient (Wildman–Crippen LogP) is 4.17. The van der Waals surface area contributed by atoms with E-state index in [2.05, 4.69) is 35.3 Å². The number of aromatic hydroxyl groups is 1. The Bertz CT molecular complexity index is 928. The predicted molar refractivity (Wildman–Crippen MR) is 106 cm³/mol. The smallest absolute Gasteiger partial charge is 0.227 e. The molecule has 0 bridgehead atoms. The first-order chi connectivity index (χ1) is 12.6. The number of thiazole rings is 1. The zero-order chi connectivity index (χ0) is 18.1. The molecule has 26 heavy (non-hydrogen) atoms. The summed E-state index contributed by atoms with van der Waals surface area (Å²) in [5.74, 6) is 0.259. The molecule has 0 aliphatic carbocycles. The second-order valence-electron chi connectivity index (χ2n) is 6.77. The van der Waals surface area contributed by atoms with Crippen molar-refractivity contribution in [3.63, 3.8) is 0 Å². The standard InChI is InChI=1S/C20H21N3O2S/c1-13-2-7-17-18(12-13)26-20(22-17)23-10-8-14(9-11-23)19(25)21-15-3-5-16(24)6-4-15/h2-7,12,14,24H,8-11H2,1H3,(H,21,25). The Morgan fingerprint density at radius 2 is 1.92 bits per heavy atom. The fourth-order valence-electron chi connectivity index (χ4n) is 3.28. The van der Waals surface area contributed by atoms with Gasteiger partial charge in [-0.3, -0.25) is 4.79 Å². The number of nitrogens with one attached hydrogen (secondary N) is 1. The Kier molecular flexibility index (Phi) is 4.51. The highest BCUT2D eigenvalue weighted by molar-refractivity contribution is 7.22. The van der Waals surface area contributed by atoms with Crippen LogP contribution in [0.25, 0.3) is 10.2 Å². The summed E-state index contributed by atoms with van der Waals surface area (Å²) in [5.41, 5.74) is 3.01. The number of hydrogen-bond acceptors (Lipinski definition) is 5. The Morgan fingerprint density at radius 3 is 2.65 bits per heavy atom. The van der Waals surface area contributed by atoms with Crippen LogP contribution in [0.3, 0.4) is 0 Å². The van der Waals surface area contributed by atoms with Crippen LogP contribution in [0.5, 0.6) is 5.75 Å². The van der Waals surface area contributed by atoms with Crippen molar-refractivity contribution >= 4 is 38.3 Å². The number of fused-ring (bicyclic) bond motifs is 1. The number of piperidine rings is 1. The van der Waals surface area contributed by atoms with Crippen LogP contribution in [0.15, 0.2) is 42.5 Å². The molecule has 0 spiro atoms. The van der Waals surface area contributed by atoms with Crippen LogP contribution in [-0.4, -0.2) is 29.1 Å². The molecule has 1 amide bonds. The number of aryl methyl sites for hydroxylation is 1. The van der Waals surface area contributed by atoms with Gasteiger partial charge in [0.1, 0.15) is 5.75 Å². The molecule has 1 aromatic heterocycles. The van der Waals surface area contributed by atoms with Gasteiger partial charge in [-0.15, -0.1) is 0 Å². The minimum absolute atomic E-state index is 0.0108. The Balaban J connectivity index is 1.38. The van der Waals surface area contributed by atoms with Crippen LogP contribution in [0.2, 0.25) is 0 Å². The summed E-state index contributed by atoms with van der Waals surface area (Å²) in [6, 6.07) is 12.9. The Morgan fingerprint density at radius 1 is 1.19 bits per heavy atom. The van der Waals surface area contributed by atoms with E-state index in [0.29, 0.717) is 0 Å². The summed E-state index contributed by atoms with van der Waals surface area (Å²) in [6.45, 7) is 3.77. The largest absolute Gasteiger partial charge is 0.508 e. The van der Waals surface area contributed by atoms with Crippen molar-refractivity contribution in [2.45, 2.75) is 19.8 Å². The molecule has 0 atom stereocenters. The molecule has 6 heteroatoms. The van der Waals surface area contributed by atoms with Crippen molar-refractivity contribution in [1.82, 2.24) is 4.98 Å². The average Bonchev–Trinajstić information content (AvgIpc) is 3.07. The van der Waals surface area contributed by atoms with Crippen LogP contribution in [0.4, 0.5) is 10.8 Å². The first kappa shape index (κ1) is 16.8. The van der Waals surface area contributed by atoms with Crippen LogP contribution in [-0.2, 0) is 4.79 Å². The second-order valence-corrected chi connectivity index (χ2v) is 7.77. The normalized spacial score (nSPS) is 15.3. The molecule has 1 saturated heterocycles. The number of carbonyl (C=O) groups is 1. The highest BCUT2D eigenvalue weighted by Crippen LogP contribution is 2.32. The molecule has 134 valence electrons. The third kappa shape index (κ3) is 3.51. The number of benzene rings is 2. The van der Waals surface area contributed by atoms with E-state index in [9.17, 15) is 9.90 Å². The fourth-order valence-corrected chi connectivity index (χ4v) is 4.39. The number of amides is 1. The van der Waals surface area contributed by atoms with E-state index in [1.807, 2.05) is 0 Å². The summed E-state index contributed by atoms with van der Waals surface area (Å²) < 4.78 is 1.21. The van der Waals surface area contributed by atoms with Gasteiger partial charge >= 0.3 is 0 Å². The maximum atomic E-state index is 12.5. The van der Waals surface area contributed by atoms with Crippen molar-refractivity contribution in [3.05, 3.63) is 48.0 Å². The molecule has 0 radical (unpaired) electrons. The number of phenols is 1. The van der Waals surface area contributed by atoms with E-state index in [1.54, 1.807) is 35.6 Å². The molecule has 2 aromatic carbocycles. The molecule has 1 fully saturated rings. The zero-order valence-electron chi connectivity index (χ0n) is 14.6. The van der Waals surface area contributed by atoms with Crippen molar-refractivity contribution in [1.29, 1.82) is 0 Å². The van der Waals surface area contributed by atoms with Gasteiger partial charge in [0.25, 0.3) is 0 Å². The third-order valence-corrected chi connectivity index (χ3v) is 5.88. The molecule has 2 N–H and O–H groups in total. The quantitative estimate of drug-likeness (QED) is 0.682. The summed E-state index contributed by atoms with van der Waals surface area (Å²) in [7, 11) is 0. The molecular weight excluding hydrogens is 346 g/mol. The van der Waals surface area contributed by atoms with Gasteiger partial charge in [0.05, 0.1) is 10.2 Å². The van der Waals surface area contributed by atoms with Crippen molar-refractivity contribution in [2.24, 2.45) is 5.92 Å². The van der Waals surface area contributed by atoms with Crippen molar-refractivity contribution < 1.29 is 9.90 Å². The van der Waals surface area contributed by atoms with E-state index in [0.717, 1.165) is 42.3 Å². The van der Waals surface area contributed by atoms with Gasteiger partial charge in [-0.05, 0) is 61.7 Å². The molecule has 1 aliphatic heterocycles. The Labute approximate surface area is 156 Å². The van der Waals surface area contributed by atoms with Gasteiger partial charge in [0.2, 0.25) is 5.91 Å². The maximum absolute atomic E-state index is 12.5. The molecule has 5 nitrogen and oxygen atoms in total. The minimum atomic E-state index is 0.0108. The van der Waals surface area contributed by atoms with Gasteiger partial charge in [-0.25, -0.2) is 4.98 Å². The van der Waals surface area contributed by atoms with Crippen LogP contribution >= 0.6 is 11.3 Å². The first-order valence-electron chi connectivity index (χ1n) is 8.80. The lowest BCUT2D eigenvalue weighted by Crippen LogP contribution is -2.38. The molecule has 4 rings (SSSR count). The number of rotatable bonds is 3. The van der Waals surface area contributed by atoms with Gasteiger partial charge < -0.3 is 15.3 Å². The van der Waals surface area contributed by atoms with Crippen LogP contribution in [0, 0.1) is 12.8 Å². The number of hydrogen-bond donors (Lipinski definition) is 2. The topological polar surface area (TPSA) is 65.5 Å². The molecule has 0 unspecified atom stereocenters. The van der Waals surface area contributed by atoms with E-state index < -0.39 is 0 Å². The molecule has 0 saturated carbocycles. The molecule has 3 aromatic rings. The number of nitrogens with zero attached hydrogens (tertiary/aromatic N) is 2. The van der Waals surface area contributed by atoms with E-state index in [-0.39, 0.29) is 17.6 Å². The first-order valence-corrected chi connectivity index (χ1v) is 9.62. The maximum Gasteiger partial charge on any atom is 0.227 e. The van der Waals surface area contributed by atoms with Crippen LogP contribution in [0.1, 0.15) is 18.4 Å². The highest BCUT2D eigenvalue weighted by atomic mass is 32.1. The van der Waals surface area contributed by atoms with Crippen LogP contribution < -0.4 is 10.2 Å². The zero-order valence-corrected chi connectivity index (χ0v) is 15.4. The molecule has 1 aliphatic rings. The van der Waals surface area contributed by atoms with Gasteiger partial charge in [-0.1, -0.05) is 17.4 Å². The molecule has 2 heterocycles. The number of carbonyl (C=O) groups excluding carboxylic acids is 1. The highest BCUT2D eigenvalue weighted by Gasteiger charge is 2.26. The monoisotopic (exact) mass is 367 g/mol. The minimum Gasteiger partial charge on any atom is -0.508 e. The number of anilines is 2. The van der Waals surface area contributed by atoms with E-state index in [1.165, 1.54) is 10.3 Å². The lowest BCUT2D eigenvalue weighted by Gasteiger charge is -2.31.